The molecule has 2 heterocycles. The highest BCUT2D eigenvalue weighted by Crippen LogP contribution is 2.29. The number of sulfonamides is 1. The Labute approximate surface area is 197 Å². The first-order valence-electron chi connectivity index (χ1n) is 9.68. The maximum Gasteiger partial charge on any atom is 0.433 e. The van der Waals surface area contributed by atoms with Crippen molar-refractivity contribution in [1.29, 1.82) is 0 Å². The number of aromatic nitrogens is 3. The van der Waals surface area contributed by atoms with Gasteiger partial charge in [0.2, 0.25) is 15.9 Å². The minimum Gasteiger partial charge on any atom is -0.348 e. The molecule has 0 atom stereocenters. The molecule has 0 aliphatic heterocycles. The maximum absolute atomic E-state index is 14.4. The highest BCUT2D eigenvalue weighted by Gasteiger charge is 2.33. The molecule has 0 unspecified atom stereocenters. The number of pyridine rings is 1. The average molecular weight is 507 g/mol. The molecule has 0 fully saturated rings. The lowest BCUT2D eigenvalue weighted by Crippen LogP contribution is -2.21. The number of nitrogens with zero attached hydrogens (tertiary/aromatic N) is 3. The summed E-state index contributed by atoms with van der Waals surface area (Å²) in [6, 6.07) is 5.77. The van der Waals surface area contributed by atoms with E-state index < -0.39 is 33.6 Å². The Morgan fingerprint density at radius 3 is 2.63 bits per heavy atom. The Morgan fingerprint density at radius 2 is 2.03 bits per heavy atom. The third-order valence-electron chi connectivity index (χ3n) is 4.39. The van der Waals surface area contributed by atoms with Crippen molar-refractivity contribution in [2.24, 2.45) is 0 Å². The van der Waals surface area contributed by atoms with E-state index in [0.717, 1.165) is 35.2 Å². The van der Waals surface area contributed by atoms with Gasteiger partial charge in [0.15, 0.2) is 5.82 Å². The molecular weight excluding hydrogens is 490 g/mol. The molecule has 13 heteroatoms. The van der Waals surface area contributed by atoms with E-state index in [1.54, 1.807) is 0 Å². The lowest BCUT2D eigenvalue weighted by atomic mass is 10.1. The Kier molecular flexibility index (Phi) is 7.25. The van der Waals surface area contributed by atoms with Crippen molar-refractivity contribution in [2.45, 2.75) is 12.7 Å². The summed E-state index contributed by atoms with van der Waals surface area (Å²) < 4.78 is 79.5. The number of carbonyl (C=O) groups excluding carboxylic acids is 1. The molecule has 0 spiro atoms. The van der Waals surface area contributed by atoms with E-state index in [9.17, 15) is 30.8 Å². The molecule has 0 bridgehead atoms. The highest BCUT2D eigenvalue weighted by molar-refractivity contribution is 7.92. The van der Waals surface area contributed by atoms with Crippen LogP contribution in [-0.2, 0) is 27.5 Å². The van der Waals surface area contributed by atoms with E-state index >= 15 is 0 Å². The van der Waals surface area contributed by atoms with Crippen LogP contribution in [0.25, 0.3) is 11.9 Å². The van der Waals surface area contributed by atoms with Gasteiger partial charge in [-0.2, -0.15) is 18.3 Å². The van der Waals surface area contributed by atoms with Gasteiger partial charge < -0.3 is 5.32 Å². The summed E-state index contributed by atoms with van der Waals surface area (Å²) in [5.41, 5.74) is -1.12. The molecule has 0 saturated carbocycles. The van der Waals surface area contributed by atoms with E-state index in [1.165, 1.54) is 30.6 Å². The monoisotopic (exact) mass is 507 g/mol. The Balaban J connectivity index is 1.77. The quantitative estimate of drug-likeness (QED) is 0.291. The number of hydrogen-bond acceptors (Lipinski definition) is 5. The summed E-state index contributed by atoms with van der Waals surface area (Å²) in [7, 11) is -3.77. The van der Waals surface area contributed by atoms with Crippen molar-refractivity contribution in [2.75, 3.05) is 11.0 Å². The zero-order chi connectivity index (χ0) is 25.8. The molecule has 2 N–H and O–H groups in total. The molecular formula is C22H17F4N5O3S. The number of alkyl halides is 3. The highest BCUT2D eigenvalue weighted by atomic mass is 32.2. The molecule has 182 valence electrons. The van der Waals surface area contributed by atoms with Crippen LogP contribution < -0.4 is 10.0 Å². The smallest absolute Gasteiger partial charge is 0.348 e. The van der Waals surface area contributed by atoms with Gasteiger partial charge >= 0.3 is 6.18 Å². The van der Waals surface area contributed by atoms with Crippen LogP contribution in [0, 0.1) is 18.2 Å². The van der Waals surface area contributed by atoms with Crippen LogP contribution in [-0.4, -0.2) is 35.3 Å². The standard InChI is InChI=1S/C22H17F4N5O3S/c1-3-15-11-14(12-17(23)20(15)30-35(2,33)34)13-27-19(32)8-6-16-5-7-18(22(24,25)26)29-21(16)31-10-4-9-28-31/h1,4-12,30H,13H2,2H3,(H,27,32)/b8-6-. The predicted molar refractivity (Wildman–Crippen MR) is 120 cm³/mol. The number of anilines is 1. The second-order valence-corrected chi connectivity index (χ2v) is 8.88. The molecule has 35 heavy (non-hydrogen) atoms. The van der Waals surface area contributed by atoms with E-state index in [2.05, 4.69) is 21.3 Å². The van der Waals surface area contributed by atoms with Gasteiger partial charge in [-0.1, -0.05) is 5.92 Å². The predicted octanol–water partition coefficient (Wildman–Crippen LogP) is 3.11. The Bertz CT molecular complexity index is 1430. The van der Waals surface area contributed by atoms with Gasteiger partial charge in [0.25, 0.3) is 0 Å². The SMILES string of the molecule is C#Cc1cc(CNC(=O)/C=C\c2ccc(C(F)(F)F)nc2-n2cccn2)cc(F)c1NS(C)(=O)=O. The first-order valence-corrected chi connectivity index (χ1v) is 11.6. The van der Waals surface area contributed by atoms with Gasteiger partial charge in [0.05, 0.1) is 17.5 Å². The first kappa shape index (κ1) is 25.4. The molecule has 2 aromatic heterocycles. The summed E-state index contributed by atoms with van der Waals surface area (Å²) in [6.45, 7) is -0.162. The lowest BCUT2D eigenvalue weighted by Gasteiger charge is -2.11. The number of carbonyl (C=O) groups is 1. The number of halogens is 4. The van der Waals surface area contributed by atoms with Crippen molar-refractivity contribution in [1.82, 2.24) is 20.1 Å². The fourth-order valence-corrected chi connectivity index (χ4v) is 3.48. The first-order chi connectivity index (χ1) is 16.4. The van der Waals surface area contributed by atoms with E-state index in [4.69, 9.17) is 6.42 Å². The number of terminal acetylenes is 1. The van der Waals surface area contributed by atoms with Crippen LogP contribution >= 0.6 is 0 Å². The normalized spacial score (nSPS) is 11.9. The van der Waals surface area contributed by atoms with Gasteiger partial charge in [-0.15, -0.1) is 6.42 Å². The van der Waals surface area contributed by atoms with Crippen molar-refractivity contribution < 1.29 is 30.8 Å². The van der Waals surface area contributed by atoms with Crippen LogP contribution in [0.4, 0.5) is 23.2 Å². The molecule has 3 rings (SSSR count). The minimum absolute atomic E-state index is 0.0603. The molecule has 8 nitrogen and oxygen atoms in total. The molecule has 0 aliphatic rings. The molecule has 0 radical (unpaired) electrons. The third kappa shape index (κ3) is 6.67. The van der Waals surface area contributed by atoms with Crippen molar-refractivity contribution >= 4 is 27.7 Å². The fraction of sp³-hybridized carbons (Fsp3) is 0.136. The van der Waals surface area contributed by atoms with Crippen LogP contribution in [0.3, 0.4) is 0 Å². The maximum atomic E-state index is 14.4. The van der Waals surface area contributed by atoms with Crippen molar-refractivity contribution in [3.8, 4) is 18.2 Å². The number of nitrogens with one attached hydrogen (secondary N) is 2. The lowest BCUT2D eigenvalue weighted by molar-refractivity contribution is -0.141. The number of amides is 1. The number of rotatable bonds is 7. The average Bonchev–Trinajstić information content (AvgIpc) is 3.31. The van der Waals surface area contributed by atoms with E-state index in [1.807, 2.05) is 4.72 Å². The largest absolute Gasteiger partial charge is 0.433 e. The topological polar surface area (TPSA) is 106 Å². The summed E-state index contributed by atoms with van der Waals surface area (Å²) in [5.74, 6) is 0.477. The molecule has 1 amide bonds. The summed E-state index contributed by atoms with van der Waals surface area (Å²) >= 11 is 0. The molecule has 3 aromatic rings. The minimum atomic E-state index is -4.67. The van der Waals surface area contributed by atoms with E-state index in [0.29, 0.717) is 0 Å². The van der Waals surface area contributed by atoms with Crippen LogP contribution in [0.5, 0.6) is 0 Å². The van der Waals surface area contributed by atoms with Crippen LogP contribution in [0.1, 0.15) is 22.4 Å². The second-order valence-electron chi connectivity index (χ2n) is 7.13. The number of benzene rings is 1. The molecule has 0 aliphatic carbocycles. The Hall–Kier alpha value is -4.18. The zero-order valence-electron chi connectivity index (χ0n) is 18.0. The summed E-state index contributed by atoms with van der Waals surface area (Å²) in [4.78, 5) is 15.9. The third-order valence-corrected chi connectivity index (χ3v) is 4.97. The van der Waals surface area contributed by atoms with E-state index in [-0.39, 0.29) is 34.7 Å². The van der Waals surface area contributed by atoms with Gasteiger partial charge in [-0.25, -0.2) is 22.5 Å². The van der Waals surface area contributed by atoms with Crippen molar-refractivity contribution in [3.05, 3.63) is 77.0 Å². The zero-order valence-corrected chi connectivity index (χ0v) is 18.8. The van der Waals surface area contributed by atoms with Gasteiger partial charge in [0.1, 0.15) is 11.5 Å². The molecule has 1 aromatic carbocycles. The van der Waals surface area contributed by atoms with Gasteiger partial charge in [-0.05, 0) is 42.0 Å². The number of hydrogen-bond donors (Lipinski definition) is 2. The second kappa shape index (κ2) is 9.98. The van der Waals surface area contributed by atoms with Crippen molar-refractivity contribution in [3.63, 3.8) is 0 Å². The van der Waals surface area contributed by atoms with Gasteiger partial charge in [-0.3, -0.25) is 9.52 Å². The van der Waals surface area contributed by atoms with Crippen LogP contribution in [0.15, 0.2) is 48.8 Å². The molecule has 0 saturated heterocycles. The fourth-order valence-electron chi connectivity index (χ4n) is 2.91. The summed E-state index contributed by atoms with van der Waals surface area (Å²) in [6.07, 6.45) is 6.60. The van der Waals surface area contributed by atoms with Crippen LogP contribution in [0.2, 0.25) is 0 Å². The Morgan fingerprint density at radius 1 is 1.29 bits per heavy atom. The van der Waals surface area contributed by atoms with Gasteiger partial charge in [0, 0.05) is 30.6 Å². The summed E-state index contributed by atoms with van der Waals surface area (Å²) in [5, 5.41) is 6.37.